The second kappa shape index (κ2) is 8.84. The highest BCUT2D eigenvalue weighted by molar-refractivity contribution is 6.31. The lowest BCUT2D eigenvalue weighted by Gasteiger charge is -2.24. The molecule has 0 aromatic heterocycles. The Balaban J connectivity index is 1.61. The van der Waals surface area contributed by atoms with Crippen molar-refractivity contribution in [2.75, 3.05) is 57.9 Å². The standard InChI is InChI=1S/C19H26ClN3O3/c1-26-13-12-21-7-3-8-22(11-10-21)18(24)17-6-9-23(19(17)25)16-5-2-4-15(20)14-16/h2,4-5,14,17H,3,6-13H2,1H3. The number of carbonyl (C=O) groups is 2. The number of benzene rings is 1. The van der Waals surface area contributed by atoms with Gasteiger partial charge in [0, 0.05) is 50.5 Å². The summed E-state index contributed by atoms with van der Waals surface area (Å²) in [7, 11) is 1.70. The van der Waals surface area contributed by atoms with Gasteiger partial charge in [0.2, 0.25) is 11.8 Å². The summed E-state index contributed by atoms with van der Waals surface area (Å²) in [5.41, 5.74) is 0.763. The van der Waals surface area contributed by atoms with Crippen LogP contribution in [0.1, 0.15) is 12.8 Å². The van der Waals surface area contributed by atoms with Gasteiger partial charge in [-0.3, -0.25) is 14.5 Å². The molecule has 6 nitrogen and oxygen atoms in total. The fourth-order valence-corrected chi connectivity index (χ4v) is 3.85. The van der Waals surface area contributed by atoms with E-state index in [1.165, 1.54) is 0 Å². The van der Waals surface area contributed by atoms with Crippen molar-refractivity contribution in [1.82, 2.24) is 9.80 Å². The first-order chi connectivity index (χ1) is 12.6. The van der Waals surface area contributed by atoms with E-state index in [9.17, 15) is 9.59 Å². The van der Waals surface area contributed by atoms with Crippen molar-refractivity contribution in [2.45, 2.75) is 12.8 Å². The quantitative estimate of drug-likeness (QED) is 0.733. The monoisotopic (exact) mass is 379 g/mol. The van der Waals surface area contributed by atoms with Gasteiger partial charge in [-0.1, -0.05) is 17.7 Å². The molecule has 2 aliphatic rings. The highest BCUT2D eigenvalue weighted by Crippen LogP contribution is 2.28. The Labute approximate surface area is 159 Å². The van der Waals surface area contributed by atoms with Crippen LogP contribution in [0.5, 0.6) is 0 Å². The minimum atomic E-state index is -0.570. The molecule has 0 bridgehead atoms. The number of rotatable bonds is 5. The van der Waals surface area contributed by atoms with E-state index in [0.29, 0.717) is 37.7 Å². The van der Waals surface area contributed by atoms with Crippen molar-refractivity contribution < 1.29 is 14.3 Å². The van der Waals surface area contributed by atoms with Crippen LogP contribution in [0.3, 0.4) is 0 Å². The Kier molecular flexibility index (Phi) is 6.51. The lowest BCUT2D eigenvalue weighted by atomic mass is 10.1. The van der Waals surface area contributed by atoms with Gasteiger partial charge in [-0.05, 0) is 37.6 Å². The molecular formula is C19H26ClN3O3. The normalized spacial score (nSPS) is 21.9. The van der Waals surface area contributed by atoms with E-state index in [2.05, 4.69) is 4.90 Å². The topological polar surface area (TPSA) is 53.1 Å². The molecule has 2 fully saturated rings. The minimum Gasteiger partial charge on any atom is -0.383 e. The van der Waals surface area contributed by atoms with Gasteiger partial charge in [0.1, 0.15) is 5.92 Å². The number of nitrogens with zero attached hydrogens (tertiary/aromatic N) is 3. The Bertz CT molecular complexity index is 655. The average Bonchev–Trinajstić information content (AvgIpc) is 2.87. The van der Waals surface area contributed by atoms with Crippen molar-refractivity contribution in [2.24, 2.45) is 5.92 Å². The molecule has 1 unspecified atom stereocenters. The molecule has 1 aromatic rings. The third kappa shape index (κ3) is 4.37. The second-order valence-corrected chi connectivity index (χ2v) is 7.26. The second-order valence-electron chi connectivity index (χ2n) is 6.82. The molecule has 7 heteroatoms. The minimum absolute atomic E-state index is 0.0341. The maximum absolute atomic E-state index is 12.9. The lowest BCUT2D eigenvalue weighted by Crippen LogP contribution is -2.42. The molecule has 0 aliphatic carbocycles. The molecular weight excluding hydrogens is 354 g/mol. The van der Waals surface area contributed by atoms with Crippen LogP contribution in [0, 0.1) is 5.92 Å². The van der Waals surface area contributed by atoms with Crippen molar-refractivity contribution in [3.8, 4) is 0 Å². The maximum atomic E-state index is 12.9. The molecule has 2 amide bonds. The Hall–Kier alpha value is -1.63. The van der Waals surface area contributed by atoms with Gasteiger partial charge < -0.3 is 14.5 Å². The predicted molar refractivity (Wildman–Crippen MR) is 101 cm³/mol. The van der Waals surface area contributed by atoms with E-state index in [0.717, 1.165) is 31.7 Å². The number of halogens is 1. The summed E-state index contributed by atoms with van der Waals surface area (Å²) in [5.74, 6) is -0.717. The van der Waals surface area contributed by atoms with Crippen molar-refractivity contribution in [3.05, 3.63) is 29.3 Å². The molecule has 1 atom stereocenters. The van der Waals surface area contributed by atoms with E-state index in [1.807, 2.05) is 17.0 Å². The van der Waals surface area contributed by atoms with E-state index in [1.54, 1.807) is 24.1 Å². The van der Waals surface area contributed by atoms with Gasteiger partial charge in [0.25, 0.3) is 0 Å². The summed E-state index contributed by atoms with van der Waals surface area (Å²) >= 11 is 6.03. The molecule has 0 radical (unpaired) electrons. The number of anilines is 1. The van der Waals surface area contributed by atoms with Gasteiger partial charge in [0.05, 0.1) is 6.61 Å². The first-order valence-corrected chi connectivity index (χ1v) is 9.55. The van der Waals surface area contributed by atoms with Gasteiger partial charge in [-0.2, -0.15) is 0 Å². The summed E-state index contributed by atoms with van der Waals surface area (Å²) < 4.78 is 5.14. The van der Waals surface area contributed by atoms with Crippen LogP contribution >= 0.6 is 11.6 Å². The molecule has 0 N–H and O–H groups in total. The molecule has 2 heterocycles. The van der Waals surface area contributed by atoms with Crippen molar-refractivity contribution in [3.63, 3.8) is 0 Å². The zero-order chi connectivity index (χ0) is 18.5. The van der Waals surface area contributed by atoms with Crippen molar-refractivity contribution >= 4 is 29.1 Å². The van der Waals surface area contributed by atoms with E-state index in [4.69, 9.17) is 16.3 Å². The van der Waals surface area contributed by atoms with Crippen molar-refractivity contribution in [1.29, 1.82) is 0 Å². The Morgan fingerprint density at radius 1 is 1.23 bits per heavy atom. The van der Waals surface area contributed by atoms with Crippen LogP contribution in [-0.4, -0.2) is 74.6 Å². The van der Waals surface area contributed by atoms with E-state index < -0.39 is 5.92 Å². The largest absolute Gasteiger partial charge is 0.383 e. The Morgan fingerprint density at radius 3 is 2.85 bits per heavy atom. The highest BCUT2D eigenvalue weighted by Gasteiger charge is 2.39. The highest BCUT2D eigenvalue weighted by atomic mass is 35.5. The molecule has 0 saturated carbocycles. The summed E-state index contributed by atoms with van der Waals surface area (Å²) in [6.45, 7) is 5.30. The van der Waals surface area contributed by atoms with Gasteiger partial charge >= 0.3 is 0 Å². The molecule has 142 valence electrons. The van der Waals surface area contributed by atoms with Gasteiger partial charge in [-0.25, -0.2) is 0 Å². The third-order valence-electron chi connectivity index (χ3n) is 5.14. The van der Waals surface area contributed by atoms with Gasteiger partial charge in [-0.15, -0.1) is 0 Å². The van der Waals surface area contributed by atoms with E-state index >= 15 is 0 Å². The van der Waals surface area contributed by atoms with Crippen LogP contribution in [0.25, 0.3) is 0 Å². The fraction of sp³-hybridized carbons (Fsp3) is 0.579. The zero-order valence-electron chi connectivity index (χ0n) is 15.2. The van der Waals surface area contributed by atoms with Gasteiger partial charge in [0.15, 0.2) is 0 Å². The summed E-state index contributed by atoms with van der Waals surface area (Å²) in [6, 6.07) is 7.23. The van der Waals surface area contributed by atoms with Crippen LogP contribution in [-0.2, 0) is 14.3 Å². The number of hydrogen-bond acceptors (Lipinski definition) is 4. The van der Waals surface area contributed by atoms with Crippen LogP contribution in [0.2, 0.25) is 5.02 Å². The SMILES string of the molecule is COCCN1CCCN(C(=O)C2CCN(c3cccc(Cl)c3)C2=O)CC1. The molecule has 26 heavy (non-hydrogen) atoms. The smallest absolute Gasteiger partial charge is 0.239 e. The zero-order valence-corrected chi connectivity index (χ0v) is 16.0. The first kappa shape index (κ1) is 19.1. The number of carbonyl (C=O) groups excluding carboxylic acids is 2. The number of hydrogen-bond donors (Lipinski definition) is 0. The summed E-state index contributed by atoms with van der Waals surface area (Å²) in [4.78, 5) is 31.6. The molecule has 1 aromatic carbocycles. The maximum Gasteiger partial charge on any atom is 0.239 e. The van der Waals surface area contributed by atoms with Crippen LogP contribution in [0.15, 0.2) is 24.3 Å². The van der Waals surface area contributed by atoms with Crippen LogP contribution in [0.4, 0.5) is 5.69 Å². The molecule has 2 aliphatic heterocycles. The van der Waals surface area contributed by atoms with E-state index in [-0.39, 0.29) is 11.8 Å². The molecule has 2 saturated heterocycles. The fourth-order valence-electron chi connectivity index (χ4n) is 3.67. The number of ether oxygens (including phenoxy) is 1. The first-order valence-electron chi connectivity index (χ1n) is 9.17. The predicted octanol–water partition coefficient (Wildman–Crippen LogP) is 1.87. The van der Waals surface area contributed by atoms with Crippen LogP contribution < -0.4 is 4.90 Å². The Morgan fingerprint density at radius 2 is 2.08 bits per heavy atom. The lowest BCUT2D eigenvalue weighted by molar-refractivity contribution is -0.139. The third-order valence-corrected chi connectivity index (χ3v) is 5.37. The summed E-state index contributed by atoms with van der Waals surface area (Å²) in [5, 5.41) is 0.591. The number of methoxy groups -OCH3 is 1. The average molecular weight is 380 g/mol. The molecule has 0 spiro atoms. The number of amides is 2. The summed E-state index contributed by atoms with van der Waals surface area (Å²) in [6.07, 6.45) is 1.49. The molecule has 3 rings (SSSR count).